The second-order valence-corrected chi connectivity index (χ2v) is 6.80. The summed E-state index contributed by atoms with van der Waals surface area (Å²) in [6.45, 7) is 5.18. The normalized spacial score (nSPS) is 18.1. The van der Waals surface area contributed by atoms with Gasteiger partial charge in [0, 0.05) is 56.4 Å². The molecule has 6 heteroatoms. The summed E-state index contributed by atoms with van der Waals surface area (Å²) in [7, 11) is 0. The van der Waals surface area contributed by atoms with Crippen LogP contribution in [0.2, 0.25) is 0 Å². The molecule has 4 rings (SSSR count). The minimum absolute atomic E-state index is 0.418. The summed E-state index contributed by atoms with van der Waals surface area (Å²) in [5.41, 5.74) is 2.34. The fraction of sp³-hybridized carbons (Fsp3) is 0.400. The molecule has 0 amide bonds. The quantitative estimate of drug-likeness (QED) is 0.709. The number of piperidine rings is 1. The number of likely N-dealkylation sites (tertiary alicyclic amines) is 1. The van der Waals surface area contributed by atoms with Gasteiger partial charge in [0.15, 0.2) is 5.82 Å². The standard InChI is InChI=1S/C20H24N6/c1-2-19-23-8-10-26(19)20-13-22-12-18(24-20)17-6-4-9-25(15-17)14-16-5-3-7-21-11-16/h3,5,7-8,10-13,17H,2,4,6,9,14-15H2,1H3. The molecule has 1 atom stereocenters. The summed E-state index contributed by atoms with van der Waals surface area (Å²) in [4.78, 5) is 20.5. The van der Waals surface area contributed by atoms with Crippen LogP contribution in [0.5, 0.6) is 0 Å². The maximum absolute atomic E-state index is 4.91. The highest BCUT2D eigenvalue weighted by atomic mass is 15.1. The molecule has 1 aliphatic rings. The van der Waals surface area contributed by atoms with E-state index >= 15 is 0 Å². The average molecular weight is 348 g/mol. The predicted octanol–water partition coefficient (Wildman–Crippen LogP) is 3.00. The van der Waals surface area contributed by atoms with Crippen LogP contribution in [0.25, 0.3) is 5.82 Å². The van der Waals surface area contributed by atoms with E-state index in [1.165, 1.54) is 12.0 Å². The van der Waals surface area contributed by atoms with Crippen molar-refractivity contribution < 1.29 is 0 Å². The van der Waals surface area contributed by atoms with Crippen molar-refractivity contribution in [1.82, 2.24) is 29.4 Å². The lowest BCUT2D eigenvalue weighted by atomic mass is 9.94. The number of nitrogens with zero attached hydrogens (tertiary/aromatic N) is 6. The summed E-state index contributed by atoms with van der Waals surface area (Å²) >= 11 is 0. The summed E-state index contributed by atoms with van der Waals surface area (Å²) in [5, 5.41) is 0. The highest BCUT2D eigenvalue weighted by Gasteiger charge is 2.23. The number of aryl methyl sites for hydroxylation is 1. The SMILES string of the molecule is CCc1nccn1-c1cncc(C2CCCN(Cc3cccnc3)C2)n1. The molecule has 4 heterocycles. The van der Waals surface area contributed by atoms with Gasteiger partial charge in [-0.05, 0) is 31.0 Å². The first kappa shape index (κ1) is 16.8. The van der Waals surface area contributed by atoms with Crippen molar-refractivity contribution in [3.63, 3.8) is 0 Å². The van der Waals surface area contributed by atoms with Gasteiger partial charge in [-0.3, -0.25) is 19.4 Å². The van der Waals surface area contributed by atoms with Gasteiger partial charge in [0.25, 0.3) is 0 Å². The third-order valence-electron chi connectivity index (χ3n) is 4.97. The number of aromatic nitrogens is 5. The van der Waals surface area contributed by atoms with Gasteiger partial charge >= 0.3 is 0 Å². The Labute approximate surface area is 154 Å². The van der Waals surface area contributed by atoms with E-state index in [1.54, 1.807) is 0 Å². The molecule has 6 nitrogen and oxygen atoms in total. The minimum Gasteiger partial charge on any atom is -0.298 e. The topological polar surface area (TPSA) is 59.7 Å². The van der Waals surface area contributed by atoms with Crippen LogP contribution in [0, 0.1) is 0 Å². The molecule has 0 bridgehead atoms. The smallest absolute Gasteiger partial charge is 0.156 e. The molecule has 3 aromatic heterocycles. The zero-order chi connectivity index (χ0) is 17.8. The molecule has 0 aromatic carbocycles. The second kappa shape index (κ2) is 7.74. The zero-order valence-electron chi connectivity index (χ0n) is 15.1. The Kier molecular flexibility index (Phi) is 5.02. The van der Waals surface area contributed by atoms with E-state index in [0.29, 0.717) is 5.92 Å². The van der Waals surface area contributed by atoms with Crippen LogP contribution < -0.4 is 0 Å². The van der Waals surface area contributed by atoms with Crippen LogP contribution >= 0.6 is 0 Å². The first-order valence-electron chi connectivity index (χ1n) is 9.29. The number of hydrogen-bond donors (Lipinski definition) is 0. The molecule has 1 fully saturated rings. The average Bonchev–Trinajstić information content (AvgIpc) is 3.18. The molecule has 0 saturated carbocycles. The maximum atomic E-state index is 4.91. The molecule has 0 aliphatic carbocycles. The first-order chi connectivity index (χ1) is 12.8. The van der Waals surface area contributed by atoms with Crippen LogP contribution in [0.15, 0.2) is 49.3 Å². The van der Waals surface area contributed by atoms with Gasteiger partial charge in [-0.15, -0.1) is 0 Å². The molecule has 1 unspecified atom stereocenters. The zero-order valence-corrected chi connectivity index (χ0v) is 15.1. The summed E-state index contributed by atoms with van der Waals surface area (Å²) < 4.78 is 2.03. The Morgan fingerprint density at radius 1 is 1.15 bits per heavy atom. The minimum atomic E-state index is 0.418. The second-order valence-electron chi connectivity index (χ2n) is 6.80. The Balaban J connectivity index is 1.51. The molecule has 0 N–H and O–H groups in total. The molecule has 134 valence electrons. The van der Waals surface area contributed by atoms with Crippen LogP contribution in [0.4, 0.5) is 0 Å². The van der Waals surface area contributed by atoms with E-state index in [-0.39, 0.29) is 0 Å². The summed E-state index contributed by atoms with van der Waals surface area (Å²) in [6.07, 6.45) is 14.5. The van der Waals surface area contributed by atoms with E-state index in [1.807, 2.05) is 47.8 Å². The Bertz CT molecular complexity index is 844. The van der Waals surface area contributed by atoms with Gasteiger partial charge in [-0.1, -0.05) is 13.0 Å². The third-order valence-corrected chi connectivity index (χ3v) is 4.97. The molecule has 0 spiro atoms. The molecule has 26 heavy (non-hydrogen) atoms. The number of hydrogen-bond acceptors (Lipinski definition) is 5. The van der Waals surface area contributed by atoms with Crippen molar-refractivity contribution in [3.05, 3.63) is 66.4 Å². The molecular formula is C20H24N6. The Morgan fingerprint density at radius 3 is 2.96 bits per heavy atom. The Morgan fingerprint density at radius 2 is 2.12 bits per heavy atom. The van der Waals surface area contributed by atoms with E-state index in [0.717, 1.165) is 49.8 Å². The van der Waals surface area contributed by atoms with Crippen molar-refractivity contribution in [3.8, 4) is 5.82 Å². The maximum Gasteiger partial charge on any atom is 0.156 e. The first-order valence-corrected chi connectivity index (χ1v) is 9.29. The van der Waals surface area contributed by atoms with E-state index in [2.05, 4.69) is 32.8 Å². The van der Waals surface area contributed by atoms with E-state index in [9.17, 15) is 0 Å². The van der Waals surface area contributed by atoms with Gasteiger partial charge in [-0.25, -0.2) is 9.97 Å². The van der Waals surface area contributed by atoms with Gasteiger partial charge in [0.05, 0.1) is 11.9 Å². The lowest BCUT2D eigenvalue weighted by Crippen LogP contribution is -2.34. The molecular weight excluding hydrogens is 324 g/mol. The number of imidazole rings is 1. The van der Waals surface area contributed by atoms with Crippen molar-refractivity contribution in [1.29, 1.82) is 0 Å². The van der Waals surface area contributed by atoms with Crippen LogP contribution in [0.1, 0.15) is 42.8 Å². The predicted molar refractivity (Wildman–Crippen MR) is 100 cm³/mol. The van der Waals surface area contributed by atoms with Crippen LogP contribution in [0.3, 0.4) is 0 Å². The molecule has 1 saturated heterocycles. The van der Waals surface area contributed by atoms with Crippen molar-refractivity contribution >= 4 is 0 Å². The summed E-state index contributed by atoms with van der Waals surface area (Å²) in [5.74, 6) is 2.29. The molecule has 0 radical (unpaired) electrons. The van der Waals surface area contributed by atoms with E-state index in [4.69, 9.17) is 4.98 Å². The lowest BCUT2D eigenvalue weighted by Gasteiger charge is -2.32. The largest absolute Gasteiger partial charge is 0.298 e. The van der Waals surface area contributed by atoms with Crippen LogP contribution in [-0.4, -0.2) is 42.5 Å². The van der Waals surface area contributed by atoms with Crippen LogP contribution in [-0.2, 0) is 13.0 Å². The highest BCUT2D eigenvalue weighted by molar-refractivity contribution is 5.24. The van der Waals surface area contributed by atoms with Gasteiger partial charge in [-0.2, -0.15) is 0 Å². The van der Waals surface area contributed by atoms with Gasteiger partial charge in [0.2, 0.25) is 0 Å². The number of pyridine rings is 1. The summed E-state index contributed by atoms with van der Waals surface area (Å²) in [6, 6.07) is 4.14. The van der Waals surface area contributed by atoms with Crippen molar-refractivity contribution in [2.75, 3.05) is 13.1 Å². The lowest BCUT2D eigenvalue weighted by molar-refractivity contribution is 0.198. The molecule has 1 aliphatic heterocycles. The molecule has 3 aromatic rings. The van der Waals surface area contributed by atoms with Crippen molar-refractivity contribution in [2.45, 2.75) is 38.6 Å². The highest BCUT2D eigenvalue weighted by Crippen LogP contribution is 2.26. The van der Waals surface area contributed by atoms with Crippen molar-refractivity contribution in [2.24, 2.45) is 0 Å². The fourth-order valence-electron chi connectivity index (χ4n) is 3.68. The number of rotatable bonds is 5. The van der Waals surface area contributed by atoms with E-state index < -0.39 is 0 Å². The van der Waals surface area contributed by atoms with Gasteiger partial charge in [0.1, 0.15) is 5.82 Å². The van der Waals surface area contributed by atoms with Gasteiger partial charge < -0.3 is 0 Å². The Hall–Kier alpha value is -2.60. The monoisotopic (exact) mass is 348 g/mol. The fourth-order valence-corrected chi connectivity index (χ4v) is 3.68. The third kappa shape index (κ3) is 3.65.